The summed E-state index contributed by atoms with van der Waals surface area (Å²) >= 11 is 0. The van der Waals surface area contributed by atoms with E-state index < -0.39 is 0 Å². The van der Waals surface area contributed by atoms with Crippen molar-refractivity contribution in [3.8, 4) is 5.69 Å². The summed E-state index contributed by atoms with van der Waals surface area (Å²) in [6.07, 6.45) is 0. The number of aromatic nitrogens is 1. The summed E-state index contributed by atoms with van der Waals surface area (Å²) in [4.78, 5) is 4.54. The first-order chi connectivity index (χ1) is 19.8. The summed E-state index contributed by atoms with van der Waals surface area (Å²) in [7, 11) is 2.13. The van der Waals surface area contributed by atoms with Crippen molar-refractivity contribution in [3.63, 3.8) is 0 Å². The normalized spacial score (nSPS) is 11.1. The quantitative estimate of drug-likeness (QED) is 0.218. The molecule has 7 rings (SSSR count). The summed E-state index contributed by atoms with van der Waals surface area (Å²) in [6, 6.07) is 55.9. The molecule has 7 aromatic rings. The molecule has 0 fully saturated rings. The van der Waals surface area contributed by atoms with E-state index >= 15 is 0 Å². The lowest BCUT2D eigenvalue weighted by Crippen LogP contribution is -2.13. The van der Waals surface area contributed by atoms with Crippen LogP contribution in [0.25, 0.3) is 27.5 Å². The van der Waals surface area contributed by atoms with E-state index in [1.165, 1.54) is 21.8 Å². The van der Waals surface area contributed by atoms with E-state index in [4.69, 9.17) is 0 Å². The van der Waals surface area contributed by atoms with Crippen LogP contribution < -0.4 is 9.80 Å². The fraction of sp³-hybridized carbons (Fsp3) is 0.0270. The molecule has 0 amide bonds. The molecule has 0 aliphatic carbocycles. The molecule has 0 saturated carbocycles. The Morgan fingerprint density at radius 1 is 0.400 bits per heavy atom. The predicted molar refractivity (Wildman–Crippen MR) is 170 cm³/mol. The fourth-order valence-electron chi connectivity index (χ4n) is 5.62. The van der Waals surface area contributed by atoms with Gasteiger partial charge >= 0.3 is 0 Å². The number of benzene rings is 6. The Bertz CT molecular complexity index is 1810. The molecule has 1 heterocycles. The number of para-hydroxylation sites is 4. The van der Waals surface area contributed by atoms with Crippen molar-refractivity contribution in [2.45, 2.75) is 0 Å². The molecule has 0 spiro atoms. The smallest absolute Gasteiger partial charge is 0.0541 e. The lowest BCUT2D eigenvalue weighted by Gasteiger charge is -2.27. The van der Waals surface area contributed by atoms with Gasteiger partial charge in [-0.15, -0.1) is 0 Å². The first-order valence-corrected chi connectivity index (χ1v) is 13.6. The molecule has 0 unspecified atom stereocenters. The highest BCUT2D eigenvalue weighted by atomic mass is 15.2. The van der Waals surface area contributed by atoms with Crippen LogP contribution in [-0.4, -0.2) is 11.6 Å². The third-order valence-electron chi connectivity index (χ3n) is 7.58. The Kier molecular flexibility index (Phi) is 6.02. The van der Waals surface area contributed by atoms with Crippen molar-refractivity contribution < 1.29 is 0 Å². The average Bonchev–Trinajstić information content (AvgIpc) is 3.37. The molecule has 192 valence electrons. The molecule has 0 saturated heterocycles. The third kappa shape index (κ3) is 4.18. The third-order valence-corrected chi connectivity index (χ3v) is 7.58. The van der Waals surface area contributed by atoms with E-state index in [1.54, 1.807) is 0 Å². The molecule has 0 aliphatic heterocycles. The molecule has 40 heavy (non-hydrogen) atoms. The zero-order valence-corrected chi connectivity index (χ0v) is 22.4. The van der Waals surface area contributed by atoms with Crippen LogP contribution in [0, 0.1) is 0 Å². The van der Waals surface area contributed by atoms with E-state index in [-0.39, 0.29) is 0 Å². The Balaban J connectivity index is 1.25. The van der Waals surface area contributed by atoms with Crippen LogP contribution in [-0.2, 0) is 0 Å². The van der Waals surface area contributed by atoms with Gasteiger partial charge in [-0.25, -0.2) is 0 Å². The Labute approximate surface area is 234 Å². The number of hydrogen-bond acceptors (Lipinski definition) is 2. The first kappa shape index (κ1) is 23.8. The van der Waals surface area contributed by atoms with Gasteiger partial charge in [0, 0.05) is 51.9 Å². The van der Waals surface area contributed by atoms with Crippen LogP contribution >= 0.6 is 0 Å². The maximum absolute atomic E-state index is 2.35. The van der Waals surface area contributed by atoms with Gasteiger partial charge in [0.15, 0.2) is 0 Å². The molecule has 0 N–H and O–H groups in total. The van der Waals surface area contributed by atoms with Gasteiger partial charge < -0.3 is 14.4 Å². The van der Waals surface area contributed by atoms with Gasteiger partial charge in [-0.3, -0.25) is 0 Å². The van der Waals surface area contributed by atoms with Crippen molar-refractivity contribution in [1.29, 1.82) is 0 Å². The lowest BCUT2D eigenvalue weighted by atomic mass is 10.1. The van der Waals surface area contributed by atoms with Crippen LogP contribution in [0.1, 0.15) is 0 Å². The SMILES string of the molecule is CN(c1ccc(-n2c3ccccc3c3ccccc32)cc1)c1cccc(N(c2ccccc2)c2ccccc2)c1. The number of fused-ring (bicyclic) bond motifs is 3. The Morgan fingerprint density at radius 2 is 0.875 bits per heavy atom. The summed E-state index contributed by atoms with van der Waals surface area (Å²) < 4.78 is 2.35. The van der Waals surface area contributed by atoms with Gasteiger partial charge in [-0.2, -0.15) is 0 Å². The van der Waals surface area contributed by atoms with Crippen LogP contribution in [0.2, 0.25) is 0 Å². The van der Waals surface area contributed by atoms with Gasteiger partial charge in [0.25, 0.3) is 0 Å². The van der Waals surface area contributed by atoms with Crippen molar-refractivity contribution in [2.24, 2.45) is 0 Å². The second-order valence-electron chi connectivity index (χ2n) is 9.97. The van der Waals surface area contributed by atoms with Gasteiger partial charge in [-0.1, -0.05) is 78.9 Å². The van der Waals surface area contributed by atoms with Crippen molar-refractivity contribution >= 4 is 50.2 Å². The van der Waals surface area contributed by atoms with Crippen LogP contribution in [0.15, 0.2) is 158 Å². The number of nitrogens with zero attached hydrogens (tertiary/aromatic N) is 3. The van der Waals surface area contributed by atoms with Gasteiger partial charge in [0.05, 0.1) is 11.0 Å². The average molecular weight is 516 g/mol. The van der Waals surface area contributed by atoms with Gasteiger partial charge in [0.2, 0.25) is 0 Å². The largest absolute Gasteiger partial charge is 0.345 e. The van der Waals surface area contributed by atoms with E-state index in [0.29, 0.717) is 0 Å². The molecule has 3 heteroatoms. The summed E-state index contributed by atoms with van der Waals surface area (Å²) in [5, 5.41) is 2.55. The Morgan fingerprint density at radius 3 is 1.45 bits per heavy atom. The van der Waals surface area contributed by atoms with Crippen molar-refractivity contribution in [1.82, 2.24) is 4.57 Å². The molecule has 0 bridgehead atoms. The number of anilines is 5. The minimum Gasteiger partial charge on any atom is -0.345 e. The fourth-order valence-corrected chi connectivity index (χ4v) is 5.62. The molecular formula is C37H29N3. The zero-order valence-electron chi connectivity index (χ0n) is 22.4. The highest BCUT2D eigenvalue weighted by Crippen LogP contribution is 2.37. The highest BCUT2D eigenvalue weighted by Gasteiger charge is 2.15. The minimum atomic E-state index is 1.11. The number of rotatable bonds is 6. The molecule has 0 atom stereocenters. The van der Waals surface area contributed by atoms with E-state index in [1.807, 2.05) is 0 Å². The van der Waals surface area contributed by atoms with E-state index in [2.05, 4.69) is 179 Å². The van der Waals surface area contributed by atoms with Crippen molar-refractivity contribution in [3.05, 3.63) is 158 Å². The maximum Gasteiger partial charge on any atom is 0.0541 e. The topological polar surface area (TPSA) is 11.4 Å². The monoisotopic (exact) mass is 515 g/mol. The van der Waals surface area contributed by atoms with Crippen LogP contribution in [0.3, 0.4) is 0 Å². The molecule has 1 aromatic heterocycles. The lowest BCUT2D eigenvalue weighted by molar-refractivity contribution is 1.16. The minimum absolute atomic E-state index is 1.11. The van der Waals surface area contributed by atoms with E-state index in [0.717, 1.165) is 34.1 Å². The Hall–Kier alpha value is -5.28. The van der Waals surface area contributed by atoms with Gasteiger partial charge in [-0.05, 0) is 78.9 Å². The summed E-state index contributed by atoms with van der Waals surface area (Å²) in [5.41, 5.74) is 9.23. The van der Waals surface area contributed by atoms with Crippen molar-refractivity contribution in [2.75, 3.05) is 16.8 Å². The molecule has 0 radical (unpaired) electrons. The molecule has 6 aromatic carbocycles. The second-order valence-corrected chi connectivity index (χ2v) is 9.97. The molecule has 3 nitrogen and oxygen atoms in total. The standard InChI is InChI=1S/C37H29N3/c1-38(32-17-12-18-33(27-32)39(29-13-4-2-5-14-29)30-15-6-3-7-16-30)28-23-25-31(26-24-28)40-36-21-10-8-19-34(36)35-20-9-11-22-37(35)40/h2-27H,1H3. The zero-order chi connectivity index (χ0) is 26.9. The van der Waals surface area contributed by atoms with Crippen LogP contribution in [0.5, 0.6) is 0 Å². The predicted octanol–water partition coefficient (Wildman–Crippen LogP) is 10.0. The summed E-state index contributed by atoms with van der Waals surface area (Å²) in [5.74, 6) is 0. The maximum atomic E-state index is 2.35. The summed E-state index contributed by atoms with van der Waals surface area (Å²) in [6.45, 7) is 0. The number of hydrogen-bond donors (Lipinski definition) is 0. The highest BCUT2D eigenvalue weighted by molar-refractivity contribution is 6.09. The second kappa shape index (κ2) is 10.1. The molecule has 0 aliphatic rings. The van der Waals surface area contributed by atoms with Crippen LogP contribution in [0.4, 0.5) is 28.4 Å². The molecular weight excluding hydrogens is 486 g/mol. The first-order valence-electron chi connectivity index (χ1n) is 13.6. The van der Waals surface area contributed by atoms with E-state index in [9.17, 15) is 0 Å². The van der Waals surface area contributed by atoms with Gasteiger partial charge in [0.1, 0.15) is 0 Å².